The summed E-state index contributed by atoms with van der Waals surface area (Å²) in [6.07, 6.45) is -1.89. The molecule has 0 atom stereocenters. The summed E-state index contributed by atoms with van der Waals surface area (Å²) in [7, 11) is 1.63. The van der Waals surface area contributed by atoms with Gasteiger partial charge >= 0.3 is 6.18 Å². The highest BCUT2D eigenvalue weighted by Gasteiger charge is 2.46. The molecule has 1 saturated carbocycles. The van der Waals surface area contributed by atoms with E-state index in [-0.39, 0.29) is 27.8 Å². The van der Waals surface area contributed by atoms with Crippen LogP contribution in [-0.2, 0) is 18.6 Å². The SMILES string of the molecule is Cn1ccc(-n2nc(C(F)(F)F)c(-c3cc(Cl)cc(C4(C#N)CC4)c3)c2N)n1. The molecule has 1 aliphatic rings. The number of nitrogens with two attached hydrogens (primary N) is 1. The minimum absolute atomic E-state index is 0.162. The van der Waals surface area contributed by atoms with E-state index >= 15 is 0 Å². The van der Waals surface area contributed by atoms with Crippen molar-refractivity contribution in [2.45, 2.75) is 24.4 Å². The lowest BCUT2D eigenvalue weighted by Gasteiger charge is -2.12. The number of alkyl halides is 3. The largest absolute Gasteiger partial charge is 0.435 e. The van der Waals surface area contributed by atoms with Gasteiger partial charge in [0.1, 0.15) is 5.82 Å². The molecule has 0 saturated heterocycles. The van der Waals surface area contributed by atoms with E-state index in [1.54, 1.807) is 19.3 Å². The first-order valence-electron chi connectivity index (χ1n) is 8.33. The van der Waals surface area contributed by atoms with Gasteiger partial charge in [0.05, 0.1) is 17.0 Å². The normalized spacial score (nSPS) is 15.4. The van der Waals surface area contributed by atoms with E-state index in [9.17, 15) is 18.4 Å². The number of nitrogens with zero attached hydrogens (tertiary/aromatic N) is 5. The molecule has 1 aliphatic carbocycles. The molecular formula is C18H14ClF3N6. The van der Waals surface area contributed by atoms with Crippen LogP contribution in [0.15, 0.2) is 30.5 Å². The first-order valence-corrected chi connectivity index (χ1v) is 8.71. The molecule has 2 aromatic heterocycles. The molecule has 0 aliphatic heterocycles. The van der Waals surface area contributed by atoms with Crippen molar-refractivity contribution in [3.05, 3.63) is 46.7 Å². The van der Waals surface area contributed by atoms with Crippen LogP contribution in [-0.4, -0.2) is 19.6 Å². The average molecular weight is 407 g/mol. The maximum absolute atomic E-state index is 13.7. The van der Waals surface area contributed by atoms with Gasteiger partial charge in [-0.2, -0.15) is 33.3 Å². The summed E-state index contributed by atoms with van der Waals surface area (Å²) < 4.78 is 43.5. The number of nitrogen functional groups attached to an aromatic ring is 1. The van der Waals surface area contributed by atoms with Crippen LogP contribution in [0.2, 0.25) is 5.02 Å². The van der Waals surface area contributed by atoms with Crippen LogP contribution >= 0.6 is 11.6 Å². The zero-order valence-electron chi connectivity index (χ0n) is 14.6. The Kier molecular flexibility index (Phi) is 3.94. The Morgan fingerprint density at radius 2 is 1.96 bits per heavy atom. The summed E-state index contributed by atoms with van der Waals surface area (Å²) in [6, 6.07) is 8.26. The van der Waals surface area contributed by atoms with Crippen LogP contribution in [0.1, 0.15) is 24.1 Å². The van der Waals surface area contributed by atoms with Crippen LogP contribution in [0.5, 0.6) is 0 Å². The molecule has 0 unspecified atom stereocenters. The molecule has 3 aromatic rings. The van der Waals surface area contributed by atoms with E-state index in [4.69, 9.17) is 17.3 Å². The molecule has 0 amide bonds. The summed E-state index contributed by atoms with van der Waals surface area (Å²) >= 11 is 6.16. The fourth-order valence-electron chi connectivity index (χ4n) is 3.20. The fourth-order valence-corrected chi connectivity index (χ4v) is 3.44. The number of hydrogen-bond donors (Lipinski definition) is 1. The predicted molar refractivity (Wildman–Crippen MR) is 96.7 cm³/mol. The average Bonchev–Trinajstić information content (AvgIpc) is 3.18. The van der Waals surface area contributed by atoms with E-state index in [1.807, 2.05) is 0 Å². The van der Waals surface area contributed by atoms with Crippen LogP contribution in [0.25, 0.3) is 16.9 Å². The van der Waals surface area contributed by atoms with E-state index in [0.29, 0.717) is 18.4 Å². The monoisotopic (exact) mass is 406 g/mol. The van der Waals surface area contributed by atoms with Gasteiger partial charge in [-0.25, -0.2) is 0 Å². The lowest BCUT2D eigenvalue weighted by atomic mass is 9.93. The third-order valence-corrected chi connectivity index (χ3v) is 5.03. The molecule has 144 valence electrons. The van der Waals surface area contributed by atoms with E-state index in [1.165, 1.54) is 22.9 Å². The highest BCUT2D eigenvalue weighted by molar-refractivity contribution is 6.31. The van der Waals surface area contributed by atoms with E-state index in [2.05, 4.69) is 16.3 Å². The molecule has 0 bridgehead atoms. The van der Waals surface area contributed by atoms with Crippen molar-refractivity contribution in [1.29, 1.82) is 5.26 Å². The smallest absolute Gasteiger partial charge is 0.383 e. The molecular weight excluding hydrogens is 393 g/mol. The zero-order valence-corrected chi connectivity index (χ0v) is 15.4. The second-order valence-corrected chi connectivity index (χ2v) is 7.22. The van der Waals surface area contributed by atoms with Crippen molar-refractivity contribution in [3.8, 4) is 23.0 Å². The number of anilines is 1. The van der Waals surface area contributed by atoms with Crippen LogP contribution in [0.3, 0.4) is 0 Å². The molecule has 0 spiro atoms. The Morgan fingerprint density at radius 1 is 1.25 bits per heavy atom. The molecule has 28 heavy (non-hydrogen) atoms. The number of benzene rings is 1. The maximum Gasteiger partial charge on any atom is 0.435 e. The number of aryl methyl sites for hydroxylation is 1. The van der Waals surface area contributed by atoms with Gasteiger partial charge in [-0.3, -0.25) is 4.68 Å². The Hall–Kier alpha value is -2.99. The predicted octanol–water partition coefficient (Wildman–Crippen LogP) is 4.08. The van der Waals surface area contributed by atoms with Gasteiger partial charge in [0.15, 0.2) is 11.5 Å². The zero-order chi connectivity index (χ0) is 20.3. The van der Waals surface area contributed by atoms with E-state index in [0.717, 1.165) is 4.68 Å². The Bertz CT molecular complexity index is 1120. The third-order valence-electron chi connectivity index (χ3n) is 4.81. The van der Waals surface area contributed by atoms with Gasteiger partial charge < -0.3 is 5.73 Å². The van der Waals surface area contributed by atoms with Gasteiger partial charge in [0, 0.05) is 24.3 Å². The molecule has 10 heteroatoms. The van der Waals surface area contributed by atoms with Crippen LogP contribution in [0.4, 0.5) is 19.0 Å². The first-order chi connectivity index (χ1) is 13.1. The Balaban J connectivity index is 1.95. The minimum Gasteiger partial charge on any atom is -0.383 e. The molecule has 6 nitrogen and oxygen atoms in total. The highest BCUT2D eigenvalue weighted by Crippen LogP contribution is 2.50. The van der Waals surface area contributed by atoms with Crippen molar-refractivity contribution in [2.24, 2.45) is 7.05 Å². The third kappa shape index (κ3) is 2.90. The van der Waals surface area contributed by atoms with E-state index < -0.39 is 17.3 Å². The Morgan fingerprint density at radius 3 is 2.50 bits per heavy atom. The van der Waals surface area contributed by atoms with Gasteiger partial charge in [0.25, 0.3) is 0 Å². The first kappa shape index (κ1) is 18.4. The number of aromatic nitrogens is 4. The van der Waals surface area contributed by atoms with Crippen molar-refractivity contribution in [1.82, 2.24) is 19.6 Å². The summed E-state index contributed by atoms with van der Waals surface area (Å²) in [4.78, 5) is 0. The number of nitriles is 1. The van der Waals surface area contributed by atoms with Crippen molar-refractivity contribution in [3.63, 3.8) is 0 Å². The second kappa shape index (κ2) is 6.01. The molecule has 1 aromatic carbocycles. The van der Waals surface area contributed by atoms with Gasteiger partial charge in [0.2, 0.25) is 0 Å². The molecule has 2 heterocycles. The van der Waals surface area contributed by atoms with Crippen molar-refractivity contribution in [2.75, 3.05) is 5.73 Å². The summed E-state index contributed by atoms with van der Waals surface area (Å²) in [5.74, 6) is -0.0456. The number of hydrogen-bond acceptors (Lipinski definition) is 4. The van der Waals surface area contributed by atoms with Gasteiger partial charge in [-0.15, -0.1) is 0 Å². The van der Waals surface area contributed by atoms with Crippen LogP contribution in [0, 0.1) is 11.3 Å². The standard InChI is InChI=1S/C18H14ClF3N6/c1-27-5-2-13(25-27)28-16(24)14(15(26-28)18(20,21)22)10-6-11(8-12(19)7-10)17(9-23)3-4-17/h2,5-8H,3-4,24H2,1H3. The van der Waals surface area contributed by atoms with Crippen molar-refractivity contribution < 1.29 is 13.2 Å². The van der Waals surface area contributed by atoms with Gasteiger partial charge in [-0.1, -0.05) is 11.6 Å². The fraction of sp³-hybridized carbons (Fsp3) is 0.278. The van der Waals surface area contributed by atoms with Crippen molar-refractivity contribution >= 4 is 17.4 Å². The number of rotatable bonds is 3. The van der Waals surface area contributed by atoms with Gasteiger partial charge in [-0.05, 0) is 42.2 Å². The Labute approximate surface area is 162 Å². The van der Waals surface area contributed by atoms with Crippen LogP contribution < -0.4 is 5.73 Å². The molecule has 2 N–H and O–H groups in total. The quantitative estimate of drug-likeness (QED) is 0.710. The lowest BCUT2D eigenvalue weighted by Crippen LogP contribution is -2.09. The summed E-state index contributed by atoms with van der Waals surface area (Å²) in [5.41, 5.74) is 4.70. The number of halogens is 4. The lowest BCUT2D eigenvalue weighted by molar-refractivity contribution is -0.140. The second-order valence-electron chi connectivity index (χ2n) is 6.79. The minimum atomic E-state index is -4.74. The highest BCUT2D eigenvalue weighted by atomic mass is 35.5. The summed E-state index contributed by atoms with van der Waals surface area (Å²) in [5, 5.41) is 17.4. The summed E-state index contributed by atoms with van der Waals surface area (Å²) in [6.45, 7) is 0. The molecule has 1 fully saturated rings. The molecule has 0 radical (unpaired) electrons. The topological polar surface area (TPSA) is 85.5 Å². The maximum atomic E-state index is 13.7. The molecule has 4 rings (SSSR count).